The smallest absolute Gasteiger partial charge is 0.238 e. The molecule has 0 aliphatic carbocycles. The number of benzene rings is 1. The Morgan fingerprint density at radius 1 is 1.37 bits per heavy atom. The van der Waals surface area contributed by atoms with Crippen molar-refractivity contribution in [1.29, 1.82) is 0 Å². The standard InChI is InChI=1S/C11H11N5O2S/c1-6(13-14-10-12-11(19)16-15-10)7-2-3-8-9(4-7)18-5-17-8/h2-4H,5H2,1H3,(H3,12,14,15,16,19)/b13-6-. The second kappa shape index (κ2) is 4.73. The number of H-pyrrole nitrogens is 2. The van der Waals surface area contributed by atoms with Gasteiger partial charge in [-0.05, 0) is 37.3 Å². The highest BCUT2D eigenvalue weighted by atomic mass is 32.1. The van der Waals surface area contributed by atoms with Gasteiger partial charge in [0.2, 0.25) is 17.5 Å². The predicted octanol–water partition coefficient (Wildman–Crippen LogP) is 2.03. The molecule has 0 fully saturated rings. The molecule has 2 heterocycles. The molecule has 98 valence electrons. The molecule has 0 unspecified atom stereocenters. The minimum Gasteiger partial charge on any atom is -0.454 e. The Kier molecular flexibility index (Phi) is 2.92. The Morgan fingerprint density at radius 3 is 3.00 bits per heavy atom. The maximum atomic E-state index is 5.32. The Hall–Kier alpha value is -2.35. The van der Waals surface area contributed by atoms with Crippen LogP contribution in [-0.2, 0) is 0 Å². The highest BCUT2D eigenvalue weighted by Crippen LogP contribution is 2.32. The van der Waals surface area contributed by atoms with E-state index in [0.717, 1.165) is 22.8 Å². The Morgan fingerprint density at radius 2 is 2.21 bits per heavy atom. The zero-order chi connectivity index (χ0) is 13.2. The van der Waals surface area contributed by atoms with Gasteiger partial charge < -0.3 is 9.47 Å². The van der Waals surface area contributed by atoms with Crippen LogP contribution < -0.4 is 14.9 Å². The molecule has 19 heavy (non-hydrogen) atoms. The quantitative estimate of drug-likeness (QED) is 0.454. The zero-order valence-corrected chi connectivity index (χ0v) is 10.9. The van der Waals surface area contributed by atoms with Gasteiger partial charge in [0.1, 0.15) is 0 Å². The van der Waals surface area contributed by atoms with E-state index in [1.165, 1.54) is 0 Å². The molecule has 3 N–H and O–H groups in total. The number of hydrogen-bond donors (Lipinski definition) is 3. The summed E-state index contributed by atoms with van der Waals surface area (Å²) in [4.78, 5) is 3.97. The average molecular weight is 277 g/mol. The van der Waals surface area contributed by atoms with E-state index in [-0.39, 0.29) is 6.79 Å². The summed E-state index contributed by atoms with van der Waals surface area (Å²) in [6.07, 6.45) is 0. The number of aromatic amines is 2. The molecule has 0 saturated carbocycles. The van der Waals surface area contributed by atoms with Gasteiger partial charge >= 0.3 is 0 Å². The van der Waals surface area contributed by atoms with Gasteiger partial charge in [-0.15, -0.1) is 0 Å². The number of hydrazone groups is 1. The van der Waals surface area contributed by atoms with E-state index >= 15 is 0 Å². The van der Waals surface area contributed by atoms with Gasteiger partial charge in [-0.1, -0.05) is 0 Å². The SMILES string of the molecule is C/C(=N/Nc1nc(=S)[nH][nH]1)c1ccc2c(c1)OCO2. The van der Waals surface area contributed by atoms with Crippen LogP contribution in [0.2, 0.25) is 0 Å². The molecule has 3 rings (SSSR count). The number of fused-ring (bicyclic) bond motifs is 1. The lowest BCUT2D eigenvalue weighted by atomic mass is 10.1. The number of aromatic nitrogens is 3. The molecule has 0 atom stereocenters. The van der Waals surface area contributed by atoms with Crippen LogP contribution in [-0.4, -0.2) is 27.7 Å². The number of ether oxygens (including phenoxy) is 2. The van der Waals surface area contributed by atoms with Crippen LogP contribution >= 0.6 is 12.2 Å². The number of nitrogens with zero attached hydrogens (tertiary/aromatic N) is 2. The third kappa shape index (κ3) is 2.43. The summed E-state index contributed by atoms with van der Waals surface area (Å²) in [5.41, 5.74) is 4.51. The summed E-state index contributed by atoms with van der Waals surface area (Å²) in [6.45, 7) is 2.14. The summed E-state index contributed by atoms with van der Waals surface area (Å²) < 4.78 is 11.0. The van der Waals surface area contributed by atoms with Crippen LogP contribution in [0.15, 0.2) is 23.3 Å². The Labute approximate surface area is 113 Å². The number of anilines is 1. The first kappa shape index (κ1) is 11.7. The first-order chi connectivity index (χ1) is 9.22. The molecule has 8 heteroatoms. The minimum atomic E-state index is 0.261. The minimum absolute atomic E-state index is 0.261. The van der Waals surface area contributed by atoms with Crippen molar-refractivity contribution in [2.24, 2.45) is 5.10 Å². The molecule has 0 spiro atoms. The van der Waals surface area contributed by atoms with Crippen molar-refractivity contribution in [3.63, 3.8) is 0 Å². The molecule has 7 nitrogen and oxygen atoms in total. The Bertz CT molecular complexity index is 690. The van der Waals surface area contributed by atoms with E-state index in [1.807, 2.05) is 25.1 Å². The summed E-state index contributed by atoms with van der Waals surface area (Å²) in [5, 5.41) is 9.64. The molecule has 2 aromatic rings. The van der Waals surface area contributed by atoms with Crippen LogP contribution in [0, 0.1) is 4.77 Å². The molecular weight excluding hydrogens is 266 g/mol. The molecule has 0 saturated heterocycles. The van der Waals surface area contributed by atoms with Gasteiger partial charge in [-0.3, -0.25) is 10.2 Å². The largest absolute Gasteiger partial charge is 0.454 e. The third-order valence-electron chi connectivity index (χ3n) is 2.62. The topological polar surface area (TPSA) is 87.3 Å². The van der Waals surface area contributed by atoms with Gasteiger partial charge in [0.25, 0.3) is 0 Å². The summed E-state index contributed by atoms with van der Waals surface area (Å²) in [5.74, 6) is 1.94. The lowest BCUT2D eigenvalue weighted by molar-refractivity contribution is 0.174. The van der Waals surface area contributed by atoms with Gasteiger partial charge in [0.05, 0.1) is 5.71 Å². The highest BCUT2D eigenvalue weighted by Gasteiger charge is 2.13. The summed E-state index contributed by atoms with van der Waals surface area (Å²) >= 11 is 4.84. The Balaban J connectivity index is 1.79. The second-order valence-electron chi connectivity index (χ2n) is 3.89. The lowest BCUT2D eigenvalue weighted by Gasteiger charge is -2.02. The summed E-state index contributed by atoms with van der Waals surface area (Å²) in [7, 11) is 0. The fourth-order valence-electron chi connectivity index (χ4n) is 1.65. The third-order valence-corrected chi connectivity index (χ3v) is 2.81. The lowest BCUT2D eigenvalue weighted by Crippen LogP contribution is -2.00. The number of nitrogens with one attached hydrogen (secondary N) is 3. The number of hydrogen-bond acceptors (Lipinski definition) is 6. The monoisotopic (exact) mass is 277 g/mol. The van der Waals surface area contributed by atoms with Gasteiger partial charge in [-0.25, -0.2) is 5.43 Å². The van der Waals surface area contributed by atoms with E-state index in [9.17, 15) is 0 Å². The normalized spacial score (nSPS) is 13.6. The molecule has 0 amide bonds. The maximum Gasteiger partial charge on any atom is 0.238 e. The molecule has 1 aromatic heterocycles. The van der Waals surface area contributed by atoms with Crippen LogP contribution in [0.5, 0.6) is 11.5 Å². The van der Waals surface area contributed by atoms with E-state index in [1.54, 1.807) is 0 Å². The van der Waals surface area contributed by atoms with Crippen molar-refractivity contribution in [1.82, 2.24) is 15.2 Å². The molecule has 1 aliphatic rings. The van der Waals surface area contributed by atoms with Crippen LogP contribution in [0.3, 0.4) is 0 Å². The highest BCUT2D eigenvalue weighted by molar-refractivity contribution is 7.71. The van der Waals surface area contributed by atoms with E-state index in [4.69, 9.17) is 21.7 Å². The molecule has 1 aliphatic heterocycles. The predicted molar refractivity (Wildman–Crippen MR) is 72.2 cm³/mol. The maximum absolute atomic E-state index is 5.32. The van der Waals surface area contributed by atoms with Crippen LogP contribution in [0.4, 0.5) is 5.95 Å². The fraction of sp³-hybridized carbons (Fsp3) is 0.182. The van der Waals surface area contributed by atoms with Gasteiger partial charge in [-0.2, -0.15) is 10.1 Å². The zero-order valence-electron chi connectivity index (χ0n) is 10.1. The van der Waals surface area contributed by atoms with E-state index < -0.39 is 0 Å². The molecule has 0 radical (unpaired) electrons. The first-order valence-corrected chi connectivity index (χ1v) is 5.98. The van der Waals surface area contributed by atoms with Crippen molar-refractivity contribution in [2.75, 3.05) is 12.2 Å². The molecule has 1 aromatic carbocycles. The van der Waals surface area contributed by atoms with E-state index in [2.05, 4.69) is 25.7 Å². The van der Waals surface area contributed by atoms with Crippen molar-refractivity contribution in [3.8, 4) is 11.5 Å². The van der Waals surface area contributed by atoms with Gasteiger partial charge in [0.15, 0.2) is 11.5 Å². The molecule has 0 bridgehead atoms. The number of rotatable bonds is 3. The van der Waals surface area contributed by atoms with Crippen molar-refractivity contribution in [3.05, 3.63) is 28.5 Å². The van der Waals surface area contributed by atoms with E-state index in [0.29, 0.717) is 10.7 Å². The summed E-state index contributed by atoms with van der Waals surface area (Å²) in [6, 6.07) is 5.66. The van der Waals surface area contributed by atoms with Crippen LogP contribution in [0.25, 0.3) is 0 Å². The molecular formula is C11H11N5O2S. The average Bonchev–Trinajstić information content (AvgIpc) is 3.03. The van der Waals surface area contributed by atoms with Crippen molar-refractivity contribution in [2.45, 2.75) is 6.92 Å². The second-order valence-corrected chi connectivity index (χ2v) is 4.28. The van der Waals surface area contributed by atoms with Crippen LogP contribution in [0.1, 0.15) is 12.5 Å². The first-order valence-electron chi connectivity index (χ1n) is 5.57. The van der Waals surface area contributed by atoms with Gasteiger partial charge in [0, 0.05) is 5.56 Å². The fourth-order valence-corrected chi connectivity index (χ4v) is 1.79. The van der Waals surface area contributed by atoms with Crippen molar-refractivity contribution < 1.29 is 9.47 Å². The van der Waals surface area contributed by atoms with Crippen molar-refractivity contribution >= 4 is 23.9 Å².